The smallest absolute Gasteiger partial charge is 0.306 e. The summed E-state index contributed by atoms with van der Waals surface area (Å²) in [6, 6.07) is 20.2. The molecule has 14 nitrogen and oxygen atoms in total. The van der Waals surface area contributed by atoms with Crippen LogP contribution in [-0.2, 0) is 0 Å². The molecule has 0 fully saturated rings. The van der Waals surface area contributed by atoms with Crippen molar-refractivity contribution < 1.29 is 9.85 Å². The van der Waals surface area contributed by atoms with E-state index in [9.17, 15) is 39.4 Å². The number of aromatic nitrogens is 4. The van der Waals surface area contributed by atoms with Gasteiger partial charge in [-0.2, -0.15) is 0 Å². The quantitative estimate of drug-likeness (QED) is 0.235. The van der Waals surface area contributed by atoms with E-state index in [1.807, 2.05) is 0 Å². The van der Waals surface area contributed by atoms with E-state index in [0.717, 1.165) is 21.3 Å². The number of nitrogens with zero attached hydrogens (tertiary/aromatic N) is 4. The number of rotatable bonds is 5. The summed E-state index contributed by atoms with van der Waals surface area (Å²) >= 11 is 0. The summed E-state index contributed by atoms with van der Waals surface area (Å²) in [6.45, 7) is 0. The number of nitro groups is 2. The number of fused-ring (bicyclic) bond motifs is 2. The number of hydrogen-bond donors (Lipinski definition) is 2. The van der Waals surface area contributed by atoms with Crippen LogP contribution in [-0.4, -0.2) is 28.9 Å². The zero-order valence-electron chi connectivity index (χ0n) is 21.1. The summed E-state index contributed by atoms with van der Waals surface area (Å²) in [5, 5.41) is 22.3. The number of aromatic amines is 2. The van der Waals surface area contributed by atoms with Crippen LogP contribution in [0.3, 0.4) is 0 Å². The topological polar surface area (TPSA) is 196 Å². The number of benzene rings is 4. The number of non-ortho nitro benzene ring substituents is 2. The Balaban J connectivity index is 1.33. The lowest BCUT2D eigenvalue weighted by Gasteiger charge is -2.09. The van der Waals surface area contributed by atoms with Crippen LogP contribution in [0.5, 0.6) is 0 Å². The summed E-state index contributed by atoms with van der Waals surface area (Å²) < 4.78 is 1.85. The lowest BCUT2D eigenvalue weighted by atomic mass is 10.0. The van der Waals surface area contributed by atoms with Crippen LogP contribution in [0.15, 0.2) is 104 Å². The van der Waals surface area contributed by atoms with Crippen molar-refractivity contribution in [2.45, 2.75) is 0 Å². The van der Waals surface area contributed by atoms with Gasteiger partial charge < -0.3 is 9.97 Å². The van der Waals surface area contributed by atoms with Gasteiger partial charge in [0.15, 0.2) is 0 Å². The van der Waals surface area contributed by atoms with Crippen molar-refractivity contribution in [3.05, 3.63) is 147 Å². The van der Waals surface area contributed by atoms with E-state index in [0.29, 0.717) is 11.1 Å². The van der Waals surface area contributed by atoms with E-state index in [4.69, 9.17) is 0 Å². The Hall–Kier alpha value is -6.44. The molecule has 0 bridgehead atoms. The third-order valence-electron chi connectivity index (χ3n) is 6.77. The van der Waals surface area contributed by atoms with Gasteiger partial charge in [0, 0.05) is 24.3 Å². The SMILES string of the molecule is O=c1[nH]c2cc([N+](=O)[O-])ccc2c(=O)n1-c1ccc(-c2ccc(-n3c(=O)[nH]c4cc([N+](=O)[O-])ccc4c3=O)cc2)cc1. The van der Waals surface area contributed by atoms with Gasteiger partial charge >= 0.3 is 11.4 Å². The van der Waals surface area contributed by atoms with Crippen molar-refractivity contribution in [2.75, 3.05) is 0 Å². The van der Waals surface area contributed by atoms with Crippen LogP contribution in [0.25, 0.3) is 44.3 Å². The van der Waals surface area contributed by atoms with Gasteiger partial charge in [-0.3, -0.25) is 29.8 Å². The summed E-state index contributed by atoms with van der Waals surface area (Å²) in [5.74, 6) is 0. The standard InChI is InChI=1S/C28H16N6O8/c35-25-21-11-9-19(33(39)40)13-23(21)29-27(37)31(25)17-5-1-15(2-6-17)16-3-7-18(8-4-16)32-26(36)22-12-10-20(34(41)42)14-24(22)30-28(32)38/h1-14H,(H,29,37)(H,30,38). The van der Waals surface area contributed by atoms with Gasteiger partial charge in [0.05, 0.1) is 43.0 Å². The Morgan fingerprint density at radius 2 is 0.881 bits per heavy atom. The first kappa shape index (κ1) is 25.8. The largest absolute Gasteiger partial charge is 0.333 e. The predicted molar refractivity (Wildman–Crippen MR) is 153 cm³/mol. The zero-order chi connectivity index (χ0) is 29.7. The van der Waals surface area contributed by atoms with E-state index >= 15 is 0 Å². The highest BCUT2D eigenvalue weighted by Gasteiger charge is 2.15. The lowest BCUT2D eigenvalue weighted by Crippen LogP contribution is -2.33. The first-order valence-corrected chi connectivity index (χ1v) is 12.2. The molecule has 0 aliphatic rings. The molecule has 2 heterocycles. The zero-order valence-corrected chi connectivity index (χ0v) is 21.1. The molecule has 0 spiro atoms. The predicted octanol–water partition coefficient (Wildman–Crippen LogP) is 3.15. The van der Waals surface area contributed by atoms with E-state index in [2.05, 4.69) is 9.97 Å². The second-order valence-corrected chi connectivity index (χ2v) is 9.21. The van der Waals surface area contributed by atoms with Gasteiger partial charge in [-0.05, 0) is 47.5 Å². The first-order chi connectivity index (χ1) is 20.1. The minimum absolute atomic E-state index is 0.0535. The third-order valence-corrected chi connectivity index (χ3v) is 6.77. The fraction of sp³-hybridized carbons (Fsp3) is 0. The van der Waals surface area contributed by atoms with Crippen molar-refractivity contribution in [1.29, 1.82) is 0 Å². The monoisotopic (exact) mass is 564 g/mol. The number of H-pyrrole nitrogens is 2. The number of nitrogens with one attached hydrogen (secondary N) is 2. The molecule has 2 aromatic heterocycles. The van der Waals surface area contributed by atoms with Crippen LogP contribution < -0.4 is 22.5 Å². The summed E-state index contributed by atoms with van der Waals surface area (Å²) in [7, 11) is 0. The second kappa shape index (κ2) is 9.63. The van der Waals surface area contributed by atoms with Gasteiger partial charge in [0.25, 0.3) is 22.5 Å². The Labute approximate surface area is 231 Å². The van der Waals surface area contributed by atoms with Crippen LogP contribution in [0.4, 0.5) is 11.4 Å². The maximum absolute atomic E-state index is 13.0. The van der Waals surface area contributed by atoms with Crippen molar-refractivity contribution in [1.82, 2.24) is 19.1 Å². The molecule has 4 aromatic carbocycles. The maximum atomic E-state index is 13.0. The molecule has 2 N–H and O–H groups in total. The van der Waals surface area contributed by atoms with Crippen LogP contribution in [0.1, 0.15) is 0 Å². The highest BCUT2D eigenvalue weighted by Crippen LogP contribution is 2.23. The Morgan fingerprint density at radius 3 is 1.21 bits per heavy atom. The highest BCUT2D eigenvalue weighted by molar-refractivity contribution is 5.81. The maximum Gasteiger partial charge on any atom is 0.333 e. The van der Waals surface area contributed by atoms with Crippen molar-refractivity contribution in [3.63, 3.8) is 0 Å². The summed E-state index contributed by atoms with van der Waals surface area (Å²) in [5.41, 5.74) is -1.24. The molecule has 6 aromatic rings. The fourth-order valence-corrected chi connectivity index (χ4v) is 4.71. The van der Waals surface area contributed by atoms with Gasteiger partial charge in [-0.15, -0.1) is 0 Å². The summed E-state index contributed by atoms with van der Waals surface area (Å²) in [4.78, 5) is 77.3. The molecular weight excluding hydrogens is 548 g/mol. The average Bonchev–Trinajstić information content (AvgIpc) is 2.97. The van der Waals surface area contributed by atoms with Crippen LogP contribution in [0, 0.1) is 20.2 Å². The Morgan fingerprint density at radius 1 is 0.524 bits per heavy atom. The van der Waals surface area contributed by atoms with Gasteiger partial charge in [0.1, 0.15) is 0 Å². The molecule has 6 rings (SSSR count). The average molecular weight is 564 g/mol. The van der Waals surface area contributed by atoms with Gasteiger partial charge in [0.2, 0.25) is 0 Å². The van der Waals surface area contributed by atoms with E-state index in [1.54, 1.807) is 48.5 Å². The van der Waals surface area contributed by atoms with E-state index < -0.39 is 32.3 Å². The van der Waals surface area contributed by atoms with Crippen molar-refractivity contribution in [3.8, 4) is 22.5 Å². The Kier molecular flexibility index (Phi) is 5.92. The lowest BCUT2D eigenvalue weighted by molar-refractivity contribution is -0.384. The van der Waals surface area contributed by atoms with Gasteiger partial charge in [-0.1, -0.05) is 24.3 Å². The first-order valence-electron chi connectivity index (χ1n) is 12.2. The van der Waals surface area contributed by atoms with Gasteiger partial charge in [-0.25, -0.2) is 18.7 Å². The molecule has 0 radical (unpaired) electrons. The third kappa shape index (κ3) is 4.24. The van der Waals surface area contributed by atoms with Crippen LogP contribution >= 0.6 is 0 Å². The number of hydrogen-bond acceptors (Lipinski definition) is 8. The number of nitro benzene ring substituents is 2. The van der Waals surface area contributed by atoms with E-state index in [1.165, 1.54) is 24.3 Å². The molecule has 0 aliphatic heterocycles. The molecular formula is C28H16N6O8. The molecule has 42 heavy (non-hydrogen) atoms. The van der Waals surface area contributed by atoms with Crippen molar-refractivity contribution in [2.24, 2.45) is 0 Å². The van der Waals surface area contributed by atoms with Crippen LogP contribution in [0.2, 0.25) is 0 Å². The molecule has 14 heteroatoms. The fourth-order valence-electron chi connectivity index (χ4n) is 4.71. The molecule has 0 aliphatic carbocycles. The molecule has 0 amide bonds. The molecule has 0 saturated heterocycles. The highest BCUT2D eigenvalue weighted by atomic mass is 16.6. The molecule has 0 atom stereocenters. The minimum atomic E-state index is -0.759. The summed E-state index contributed by atoms with van der Waals surface area (Å²) in [6.07, 6.45) is 0. The molecule has 0 unspecified atom stereocenters. The second-order valence-electron chi connectivity index (χ2n) is 9.21. The minimum Gasteiger partial charge on any atom is -0.306 e. The normalized spacial score (nSPS) is 11.1. The Bertz CT molecular complexity index is 2170. The molecule has 0 saturated carbocycles. The van der Waals surface area contributed by atoms with E-state index in [-0.39, 0.29) is 44.6 Å². The molecule has 206 valence electrons. The van der Waals surface area contributed by atoms with Crippen molar-refractivity contribution >= 4 is 33.2 Å².